The van der Waals surface area contributed by atoms with Gasteiger partial charge in [-0.1, -0.05) is 6.08 Å². The van der Waals surface area contributed by atoms with Crippen LogP contribution in [0.4, 0.5) is 0 Å². The Morgan fingerprint density at radius 3 is 2.19 bits per heavy atom. The van der Waals surface area contributed by atoms with Crippen molar-refractivity contribution in [2.45, 2.75) is 64.4 Å². The Hall–Kier alpha value is -0.365. The minimum Gasteiger partial charge on any atom is -0.400 e. The molecule has 0 aliphatic carbocycles. The van der Waals surface area contributed by atoms with Crippen LogP contribution in [0, 0.1) is 4.78 Å². The van der Waals surface area contributed by atoms with Gasteiger partial charge >= 0.3 is 7.12 Å². The van der Waals surface area contributed by atoms with Crippen LogP contribution < -0.4 is 0 Å². The average Bonchev–Trinajstić information content (AvgIpc) is 2.58. The predicted octanol–water partition coefficient (Wildman–Crippen LogP) is 2.62. The summed E-state index contributed by atoms with van der Waals surface area (Å²) in [4.78, 5) is 0. The Morgan fingerprint density at radius 1 is 1.29 bits per heavy atom. The van der Waals surface area contributed by atoms with Crippen LogP contribution in [-0.2, 0) is 19.2 Å². The standard InChI is InChI=1S/C14H27BN2O3S/c1-11(2)21(16,18)17-9-7-12(8-10-17)15-19-13(3,4)14(5,6)20-15/h7,11,16H,8-10H2,1-6H3. The van der Waals surface area contributed by atoms with Gasteiger partial charge in [-0.15, -0.1) is 0 Å². The molecule has 0 spiro atoms. The summed E-state index contributed by atoms with van der Waals surface area (Å²) in [6.45, 7) is 13.0. The molecular weight excluding hydrogens is 287 g/mol. The molecule has 0 amide bonds. The highest BCUT2D eigenvalue weighted by Crippen LogP contribution is 2.39. The molecule has 1 N–H and O–H groups in total. The molecule has 21 heavy (non-hydrogen) atoms. The second-order valence-electron chi connectivity index (χ2n) is 7.12. The normalized spacial score (nSPS) is 28.5. The van der Waals surface area contributed by atoms with E-state index in [1.807, 2.05) is 47.6 Å². The number of nitrogens with zero attached hydrogens (tertiary/aromatic N) is 1. The van der Waals surface area contributed by atoms with Crippen molar-refractivity contribution in [1.29, 1.82) is 4.78 Å². The van der Waals surface area contributed by atoms with Gasteiger partial charge in [0.05, 0.1) is 16.5 Å². The number of hydrogen-bond acceptors (Lipinski definition) is 4. The largest absolute Gasteiger partial charge is 0.490 e. The maximum atomic E-state index is 12.4. The monoisotopic (exact) mass is 314 g/mol. The first-order valence-corrected chi connectivity index (χ1v) is 9.12. The fraction of sp³-hybridized carbons (Fsp3) is 0.857. The van der Waals surface area contributed by atoms with Gasteiger partial charge in [-0.25, -0.2) is 13.3 Å². The van der Waals surface area contributed by atoms with Gasteiger partial charge in [-0.3, -0.25) is 0 Å². The molecule has 7 heteroatoms. The number of nitrogens with one attached hydrogen (secondary N) is 1. The molecule has 0 saturated carbocycles. The molecule has 0 aromatic rings. The third-order valence-corrected chi connectivity index (χ3v) is 7.16. The number of rotatable bonds is 3. The van der Waals surface area contributed by atoms with Crippen molar-refractivity contribution in [2.75, 3.05) is 13.1 Å². The molecule has 2 rings (SSSR count). The first-order valence-electron chi connectivity index (χ1n) is 7.55. The van der Waals surface area contributed by atoms with Crippen LogP contribution in [0.1, 0.15) is 48.0 Å². The van der Waals surface area contributed by atoms with E-state index in [2.05, 4.69) is 0 Å². The summed E-state index contributed by atoms with van der Waals surface area (Å²) < 4.78 is 34.3. The molecule has 120 valence electrons. The first-order chi connectivity index (χ1) is 9.47. The maximum absolute atomic E-state index is 12.4. The van der Waals surface area contributed by atoms with E-state index < -0.39 is 9.92 Å². The van der Waals surface area contributed by atoms with E-state index in [1.165, 1.54) is 0 Å². The summed E-state index contributed by atoms with van der Waals surface area (Å²) in [5.41, 5.74) is 0.427. The van der Waals surface area contributed by atoms with E-state index in [4.69, 9.17) is 14.1 Å². The van der Waals surface area contributed by atoms with E-state index in [0.29, 0.717) is 13.1 Å². The molecule has 1 unspecified atom stereocenters. The van der Waals surface area contributed by atoms with Crippen molar-refractivity contribution in [2.24, 2.45) is 0 Å². The topological polar surface area (TPSA) is 62.6 Å². The van der Waals surface area contributed by atoms with Crippen molar-refractivity contribution in [3.8, 4) is 0 Å². The van der Waals surface area contributed by atoms with Gasteiger partial charge < -0.3 is 9.31 Å². The summed E-state index contributed by atoms with van der Waals surface area (Å²) in [6.07, 6.45) is 2.75. The Balaban J connectivity index is 2.09. The van der Waals surface area contributed by atoms with E-state index in [1.54, 1.807) is 4.31 Å². The Labute approximate surface area is 129 Å². The molecule has 1 fully saturated rings. The van der Waals surface area contributed by atoms with Crippen LogP contribution in [0.15, 0.2) is 11.5 Å². The van der Waals surface area contributed by atoms with Gasteiger partial charge in [0.15, 0.2) is 0 Å². The molecule has 2 aliphatic heterocycles. The molecule has 0 bridgehead atoms. The SMILES string of the molecule is CC(C)S(=N)(=O)N1CC=C(B2OC(C)(C)C(C)(C)O2)CC1. The van der Waals surface area contributed by atoms with Gasteiger partial charge in [0.25, 0.3) is 0 Å². The Morgan fingerprint density at radius 2 is 1.81 bits per heavy atom. The lowest BCUT2D eigenvalue weighted by molar-refractivity contribution is 0.00578. The summed E-state index contributed by atoms with van der Waals surface area (Å²) in [5.74, 6) is 0. The lowest BCUT2D eigenvalue weighted by Gasteiger charge is -2.32. The summed E-state index contributed by atoms with van der Waals surface area (Å²) >= 11 is 0. The molecule has 5 nitrogen and oxygen atoms in total. The molecule has 0 aromatic heterocycles. The summed E-state index contributed by atoms with van der Waals surface area (Å²) in [7, 11) is -3.01. The minimum absolute atomic E-state index is 0.163. The van der Waals surface area contributed by atoms with Crippen LogP contribution in [-0.4, -0.2) is 45.2 Å². The van der Waals surface area contributed by atoms with Crippen molar-refractivity contribution < 1.29 is 13.5 Å². The Bertz CT molecular complexity index is 524. The predicted molar refractivity (Wildman–Crippen MR) is 86.4 cm³/mol. The van der Waals surface area contributed by atoms with Crippen LogP contribution in [0.25, 0.3) is 0 Å². The zero-order valence-electron chi connectivity index (χ0n) is 13.9. The van der Waals surface area contributed by atoms with Crippen LogP contribution in [0.3, 0.4) is 0 Å². The van der Waals surface area contributed by atoms with Crippen molar-refractivity contribution >= 4 is 17.0 Å². The Kier molecular flexibility index (Phi) is 4.35. The van der Waals surface area contributed by atoms with Crippen molar-refractivity contribution in [3.63, 3.8) is 0 Å². The highest BCUT2D eigenvalue weighted by molar-refractivity contribution is 7.90. The quantitative estimate of drug-likeness (QED) is 0.815. The van der Waals surface area contributed by atoms with E-state index in [9.17, 15) is 4.21 Å². The van der Waals surface area contributed by atoms with Gasteiger partial charge in [-0.05, 0) is 53.4 Å². The van der Waals surface area contributed by atoms with Crippen LogP contribution in [0.5, 0.6) is 0 Å². The molecule has 0 aromatic carbocycles. The van der Waals surface area contributed by atoms with E-state index >= 15 is 0 Å². The minimum atomic E-state index is -2.69. The van der Waals surface area contributed by atoms with E-state index in [0.717, 1.165) is 11.9 Å². The van der Waals surface area contributed by atoms with Gasteiger partial charge in [-0.2, -0.15) is 0 Å². The first kappa shape index (κ1) is 17.0. The third-order valence-electron chi connectivity index (χ3n) is 4.79. The fourth-order valence-electron chi connectivity index (χ4n) is 2.42. The van der Waals surface area contributed by atoms with Crippen molar-refractivity contribution in [3.05, 3.63) is 11.5 Å². The van der Waals surface area contributed by atoms with Gasteiger partial charge in [0, 0.05) is 13.1 Å². The summed E-state index contributed by atoms with van der Waals surface area (Å²) in [6, 6.07) is 0. The molecule has 0 radical (unpaired) electrons. The molecule has 1 atom stereocenters. The third kappa shape index (κ3) is 3.06. The lowest BCUT2D eigenvalue weighted by Crippen LogP contribution is -2.41. The van der Waals surface area contributed by atoms with Crippen LogP contribution >= 0.6 is 0 Å². The zero-order chi connectivity index (χ0) is 16.1. The highest BCUT2D eigenvalue weighted by atomic mass is 32.2. The van der Waals surface area contributed by atoms with E-state index in [-0.39, 0.29) is 23.6 Å². The van der Waals surface area contributed by atoms with Crippen LogP contribution in [0.2, 0.25) is 0 Å². The van der Waals surface area contributed by atoms with Gasteiger partial charge in [0.2, 0.25) is 0 Å². The van der Waals surface area contributed by atoms with Gasteiger partial charge in [0.1, 0.15) is 9.92 Å². The zero-order valence-corrected chi connectivity index (χ0v) is 14.8. The molecule has 1 saturated heterocycles. The lowest BCUT2D eigenvalue weighted by atomic mass is 9.75. The summed E-state index contributed by atoms with van der Waals surface area (Å²) in [5, 5.41) is -0.163. The highest BCUT2D eigenvalue weighted by Gasteiger charge is 2.52. The molecular formula is C14H27BN2O3S. The average molecular weight is 314 g/mol. The second kappa shape index (κ2) is 5.37. The second-order valence-corrected chi connectivity index (χ2v) is 9.72. The maximum Gasteiger partial charge on any atom is 0.490 e. The molecule has 2 aliphatic rings. The smallest absolute Gasteiger partial charge is 0.400 e. The molecule has 2 heterocycles. The van der Waals surface area contributed by atoms with Crippen molar-refractivity contribution in [1.82, 2.24) is 4.31 Å². The number of hydrogen-bond donors (Lipinski definition) is 1. The fourth-order valence-corrected chi connectivity index (χ4v) is 3.67.